The summed E-state index contributed by atoms with van der Waals surface area (Å²) in [5.74, 6) is -1.86. The molecule has 1 saturated heterocycles. The van der Waals surface area contributed by atoms with Crippen LogP contribution in [0.25, 0.3) is 0 Å². The molecule has 0 aromatic carbocycles. The summed E-state index contributed by atoms with van der Waals surface area (Å²) in [7, 11) is 0. The van der Waals surface area contributed by atoms with Crippen LogP contribution in [0.4, 0.5) is 4.79 Å². The Bertz CT molecular complexity index is 492. The molecular formula is C13H19N3O4. The number of aromatic amines is 1. The Kier molecular flexibility index (Phi) is 3.69. The van der Waals surface area contributed by atoms with Crippen LogP contribution in [0.2, 0.25) is 0 Å². The van der Waals surface area contributed by atoms with E-state index < -0.39 is 23.6 Å². The number of aliphatic carboxylic acids is 1. The van der Waals surface area contributed by atoms with Crippen LogP contribution < -0.4 is 0 Å². The first kappa shape index (κ1) is 14.4. The van der Waals surface area contributed by atoms with E-state index in [1.54, 1.807) is 27.0 Å². The average Bonchev–Trinajstić information content (AvgIpc) is 2.95. The lowest BCUT2D eigenvalue weighted by atomic mass is 9.94. The summed E-state index contributed by atoms with van der Waals surface area (Å²) in [5.41, 5.74) is 0.130. The number of hydrogen-bond acceptors (Lipinski definition) is 4. The minimum atomic E-state index is -0.921. The zero-order valence-corrected chi connectivity index (χ0v) is 11.8. The quantitative estimate of drug-likeness (QED) is 0.855. The Balaban J connectivity index is 2.12. The highest BCUT2D eigenvalue weighted by Crippen LogP contribution is 2.32. The monoisotopic (exact) mass is 281 g/mol. The average molecular weight is 281 g/mol. The molecule has 1 fully saturated rings. The fraction of sp³-hybridized carbons (Fsp3) is 0.615. The Hall–Kier alpha value is -2.05. The third kappa shape index (κ3) is 3.09. The molecule has 2 rings (SSSR count). The predicted octanol–water partition coefficient (Wildman–Crippen LogP) is 1.44. The number of carboxylic acids is 1. The van der Waals surface area contributed by atoms with E-state index in [1.165, 1.54) is 11.2 Å². The van der Waals surface area contributed by atoms with Crippen molar-refractivity contribution in [3.05, 3.63) is 18.2 Å². The molecule has 7 heteroatoms. The number of carboxylic acid groups (broad SMARTS) is 1. The molecule has 2 atom stereocenters. The molecular weight excluding hydrogens is 262 g/mol. The molecule has 20 heavy (non-hydrogen) atoms. The second-order valence-electron chi connectivity index (χ2n) is 5.94. The van der Waals surface area contributed by atoms with Crippen molar-refractivity contribution in [2.75, 3.05) is 13.1 Å². The molecule has 1 aromatic rings. The Morgan fingerprint density at radius 1 is 1.45 bits per heavy atom. The largest absolute Gasteiger partial charge is 0.481 e. The number of aromatic nitrogens is 2. The van der Waals surface area contributed by atoms with Gasteiger partial charge in [0.25, 0.3) is 0 Å². The minimum absolute atomic E-state index is 0.147. The first-order valence-electron chi connectivity index (χ1n) is 6.47. The second-order valence-corrected chi connectivity index (χ2v) is 5.94. The Morgan fingerprint density at radius 2 is 2.15 bits per heavy atom. The number of rotatable bonds is 2. The lowest BCUT2D eigenvalue weighted by Gasteiger charge is -2.24. The lowest BCUT2D eigenvalue weighted by Crippen LogP contribution is -2.35. The van der Waals surface area contributed by atoms with Crippen LogP contribution in [0.5, 0.6) is 0 Å². The topological polar surface area (TPSA) is 95.5 Å². The third-order valence-electron chi connectivity index (χ3n) is 3.21. The van der Waals surface area contributed by atoms with Gasteiger partial charge in [0.15, 0.2) is 0 Å². The zero-order valence-electron chi connectivity index (χ0n) is 11.8. The molecule has 0 bridgehead atoms. The first-order chi connectivity index (χ1) is 9.28. The molecule has 1 aromatic heterocycles. The molecule has 1 aliphatic heterocycles. The maximum Gasteiger partial charge on any atom is 0.410 e. The van der Waals surface area contributed by atoms with Crippen LogP contribution in [0, 0.1) is 5.92 Å². The van der Waals surface area contributed by atoms with Crippen molar-refractivity contribution in [2.45, 2.75) is 32.3 Å². The number of amides is 1. The second kappa shape index (κ2) is 5.15. The van der Waals surface area contributed by atoms with Gasteiger partial charge in [0, 0.05) is 30.9 Å². The summed E-state index contributed by atoms with van der Waals surface area (Å²) in [5, 5.41) is 9.30. The van der Waals surface area contributed by atoms with Gasteiger partial charge in [-0.25, -0.2) is 9.78 Å². The van der Waals surface area contributed by atoms with Gasteiger partial charge >= 0.3 is 12.1 Å². The molecule has 2 unspecified atom stereocenters. The standard InChI is InChI=1S/C13H19N3O4/c1-13(2,3)20-12(19)16-5-8(9(6-16)11(17)18)10-4-14-7-15-10/h4,7-9H,5-6H2,1-3H3,(H,14,15)(H,17,18). The summed E-state index contributed by atoms with van der Waals surface area (Å²) in [6.45, 7) is 5.80. The molecule has 0 radical (unpaired) electrons. The highest BCUT2D eigenvalue weighted by Gasteiger charge is 2.42. The molecule has 110 valence electrons. The fourth-order valence-corrected chi connectivity index (χ4v) is 2.31. The fourth-order valence-electron chi connectivity index (χ4n) is 2.31. The predicted molar refractivity (Wildman–Crippen MR) is 70.3 cm³/mol. The van der Waals surface area contributed by atoms with Gasteiger partial charge in [0.05, 0.1) is 12.2 Å². The first-order valence-corrected chi connectivity index (χ1v) is 6.47. The summed E-state index contributed by atoms with van der Waals surface area (Å²) in [4.78, 5) is 31.6. The maximum absolute atomic E-state index is 12.0. The molecule has 0 saturated carbocycles. The van der Waals surface area contributed by atoms with E-state index >= 15 is 0 Å². The number of imidazole rings is 1. The van der Waals surface area contributed by atoms with Crippen molar-refractivity contribution in [3.63, 3.8) is 0 Å². The molecule has 2 N–H and O–H groups in total. The van der Waals surface area contributed by atoms with Crippen molar-refractivity contribution in [1.29, 1.82) is 0 Å². The highest BCUT2D eigenvalue weighted by molar-refractivity contribution is 5.75. The van der Waals surface area contributed by atoms with Crippen LogP contribution in [0.3, 0.4) is 0 Å². The van der Waals surface area contributed by atoms with Gasteiger partial charge < -0.3 is 19.7 Å². The number of nitrogens with zero attached hydrogens (tertiary/aromatic N) is 2. The van der Waals surface area contributed by atoms with Crippen LogP contribution in [-0.2, 0) is 9.53 Å². The van der Waals surface area contributed by atoms with Crippen LogP contribution in [0.15, 0.2) is 12.5 Å². The number of hydrogen-bond donors (Lipinski definition) is 2. The normalized spacial score (nSPS) is 22.9. The summed E-state index contributed by atoms with van der Waals surface area (Å²) < 4.78 is 5.28. The van der Waals surface area contributed by atoms with E-state index in [2.05, 4.69) is 9.97 Å². The van der Waals surface area contributed by atoms with E-state index in [-0.39, 0.29) is 12.5 Å². The van der Waals surface area contributed by atoms with E-state index in [1.807, 2.05) is 0 Å². The SMILES string of the molecule is CC(C)(C)OC(=O)N1CC(C(=O)O)C(c2cnc[nH]2)C1. The van der Waals surface area contributed by atoms with Crippen molar-refractivity contribution in [2.24, 2.45) is 5.92 Å². The molecule has 7 nitrogen and oxygen atoms in total. The number of carbonyl (C=O) groups excluding carboxylic acids is 1. The van der Waals surface area contributed by atoms with Crippen LogP contribution in [-0.4, -0.2) is 50.7 Å². The molecule has 0 aliphatic carbocycles. The lowest BCUT2D eigenvalue weighted by molar-refractivity contribution is -0.141. The minimum Gasteiger partial charge on any atom is -0.481 e. The Morgan fingerprint density at radius 3 is 2.65 bits per heavy atom. The molecule has 2 heterocycles. The number of likely N-dealkylation sites (tertiary alicyclic amines) is 1. The number of nitrogens with one attached hydrogen (secondary N) is 1. The number of ether oxygens (including phenoxy) is 1. The van der Waals surface area contributed by atoms with Crippen LogP contribution >= 0.6 is 0 Å². The van der Waals surface area contributed by atoms with E-state index in [0.29, 0.717) is 6.54 Å². The summed E-state index contributed by atoms with van der Waals surface area (Å²) >= 11 is 0. The van der Waals surface area contributed by atoms with Gasteiger partial charge in [-0.05, 0) is 20.8 Å². The van der Waals surface area contributed by atoms with Gasteiger partial charge in [-0.1, -0.05) is 0 Å². The number of H-pyrrole nitrogens is 1. The molecule has 0 spiro atoms. The molecule has 1 amide bonds. The maximum atomic E-state index is 12.0. The highest BCUT2D eigenvalue weighted by atomic mass is 16.6. The van der Waals surface area contributed by atoms with Gasteiger partial charge in [-0.3, -0.25) is 4.79 Å². The van der Waals surface area contributed by atoms with Gasteiger partial charge in [0.1, 0.15) is 5.60 Å². The van der Waals surface area contributed by atoms with Crippen molar-refractivity contribution in [1.82, 2.24) is 14.9 Å². The smallest absolute Gasteiger partial charge is 0.410 e. The van der Waals surface area contributed by atoms with Crippen molar-refractivity contribution < 1.29 is 19.4 Å². The van der Waals surface area contributed by atoms with E-state index in [9.17, 15) is 14.7 Å². The van der Waals surface area contributed by atoms with E-state index in [0.717, 1.165) is 5.69 Å². The van der Waals surface area contributed by atoms with Crippen molar-refractivity contribution in [3.8, 4) is 0 Å². The summed E-state index contributed by atoms with van der Waals surface area (Å²) in [6.07, 6.45) is 2.62. The number of carbonyl (C=O) groups is 2. The van der Waals surface area contributed by atoms with E-state index in [4.69, 9.17) is 4.74 Å². The third-order valence-corrected chi connectivity index (χ3v) is 3.21. The Labute approximate surface area is 116 Å². The van der Waals surface area contributed by atoms with Gasteiger partial charge in [0.2, 0.25) is 0 Å². The van der Waals surface area contributed by atoms with Crippen LogP contribution in [0.1, 0.15) is 32.4 Å². The van der Waals surface area contributed by atoms with Crippen molar-refractivity contribution >= 4 is 12.1 Å². The zero-order chi connectivity index (χ0) is 14.9. The van der Waals surface area contributed by atoms with Gasteiger partial charge in [-0.2, -0.15) is 0 Å². The molecule has 1 aliphatic rings. The van der Waals surface area contributed by atoms with Gasteiger partial charge in [-0.15, -0.1) is 0 Å². The summed E-state index contributed by atoms with van der Waals surface area (Å²) in [6, 6.07) is 0.